The van der Waals surface area contributed by atoms with Gasteiger partial charge in [0.25, 0.3) is 11.8 Å². The van der Waals surface area contributed by atoms with Crippen molar-refractivity contribution in [2.45, 2.75) is 37.9 Å². The topological polar surface area (TPSA) is 82.3 Å². The Balaban J connectivity index is 1.49. The van der Waals surface area contributed by atoms with E-state index in [-0.39, 0.29) is 24.2 Å². The minimum Gasteiger partial charge on any atom is -0.353 e. The lowest BCUT2D eigenvalue weighted by Crippen LogP contribution is -2.54. The molecule has 1 heterocycles. The Kier molecular flexibility index (Phi) is 7.00. The first kappa shape index (κ1) is 26.8. The highest BCUT2D eigenvalue weighted by molar-refractivity contribution is 6.06. The number of hydrogen-bond donors (Lipinski definition) is 4. The van der Waals surface area contributed by atoms with Crippen LogP contribution in [-0.2, 0) is 23.7 Å². The molecule has 4 rings (SSSR count). The van der Waals surface area contributed by atoms with Gasteiger partial charge >= 0.3 is 12.4 Å². The third-order valence-electron chi connectivity index (χ3n) is 6.13. The molecule has 2 amide bonds. The summed E-state index contributed by atoms with van der Waals surface area (Å²) in [5.41, 5.74) is -2.97. The van der Waals surface area contributed by atoms with Gasteiger partial charge < -0.3 is 21.3 Å². The molecule has 38 heavy (non-hydrogen) atoms. The van der Waals surface area contributed by atoms with Crippen LogP contribution in [0.15, 0.2) is 66.7 Å². The molecule has 0 bridgehead atoms. The Hall–Kier alpha value is -4.22. The van der Waals surface area contributed by atoms with Gasteiger partial charge in [0.15, 0.2) is 5.66 Å². The van der Waals surface area contributed by atoms with Crippen molar-refractivity contribution in [2.75, 3.05) is 16.0 Å². The van der Waals surface area contributed by atoms with Crippen molar-refractivity contribution < 1.29 is 35.9 Å². The molecule has 0 aliphatic carbocycles. The molecule has 1 atom stereocenters. The van der Waals surface area contributed by atoms with Gasteiger partial charge in [-0.05, 0) is 48.4 Å². The molecule has 1 unspecified atom stereocenters. The summed E-state index contributed by atoms with van der Waals surface area (Å²) in [7, 11) is 0. The van der Waals surface area contributed by atoms with E-state index in [9.17, 15) is 35.9 Å². The molecule has 4 N–H and O–H groups in total. The van der Waals surface area contributed by atoms with E-state index in [1.165, 1.54) is 48.5 Å². The average molecular weight is 536 g/mol. The maximum atomic E-state index is 13.3. The number of nitrogens with one attached hydrogen (secondary N) is 4. The zero-order valence-electron chi connectivity index (χ0n) is 19.8. The van der Waals surface area contributed by atoms with Crippen LogP contribution in [0.3, 0.4) is 0 Å². The fourth-order valence-electron chi connectivity index (χ4n) is 4.18. The summed E-state index contributed by atoms with van der Waals surface area (Å²) in [6, 6.07) is 13.7. The minimum atomic E-state index is -4.72. The summed E-state index contributed by atoms with van der Waals surface area (Å²) in [5.74, 6) is -1.58. The van der Waals surface area contributed by atoms with Gasteiger partial charge in [0, 0.05) is 12.2 Å². The molecule has 1 aliphatic rings. The highest BCUT2D eigenvalue weighted by atomic mass is 19.4. The fraction of sp³-hybridized carbons (Fsp3) is 0.231. The molecular weight excluding hydrogens is 514 g/mol. The first-order valence-electron chi connectivity index (χ1n) is 11.5. The number of benzene rings is 3. The van der Waals surface area contributed by atoms with Crippen LogP contribution in [0.1, 0.15) is 40.4 Å². The fourth-order valence-corrected chi connectivity index (χ4v) is 4.18. The lowest BCUT2D eigenvalue weighted by molar-refractivity contribution is -0.139. The number of fused-ring (bicyclic) bond motifs is 1. The molecule has 0 saturated heterocycles. The third-order valence-corrected chi connectivity index (χ3v) is 6.13. The van der Waals surface area contributed by atoms with E-state index < -0.39 is 46.5 Å². The van der Waals surface area contributed by atoms with Gasteiger partial charge in [-0.3, -0.25) is 9.59 Å². The zero-order chi connectivity index (χ0) is 27.7. The molecule has 200 valence electrons. The average Bonchev–Trinajstić information content (AvgIpc) is 3.26. The Labute approximate surface area is 213 Å². The van der Waals surface area contributed by atoms with Crippen molar-refractivity contribution in [3.05, 3.63) is 89.0 Å². The van der Waals surface area contributed by atoms with Crippen molar-refractivity contribution in [1.29, 1.82) is 0 Å². The van der Waals surface area contributed by atoms with Crippen molar-refractivity contribution >= 4 is 28.9 Å². The van der Waals surface area contributed by atoms with Crippen molar-refractivity contribution in [3.63, 3.8) is 0 Å². The van der Waals surface area contributed by atoms with Crippen LogP contribution < -0.4 is 21.3 Å². The summed E-state index contributed by atoms with van der Waals surface area (Å²) in [6.45, 7) is 1.32. The second-order valence-electron chi connectivity index (χ2n) is 8.60. The summed E-state index contributed by atoms with van der Waals surface area (Å²) in [4.78, 5) is 25.7. The van der Waals surface area contributed by atoms with Crippen LogP contribution in [0.2, 0.25) is 0 Å². The van der Waals surface area contributed by atoms with Crippen LogP contribution >= 0.6 is 0 Å². The summed E-state index contributed by atoms with van der Waals surface area (Å²) in [5, 5.41) is 11.0. The molecule has 0 spiro atoms. The molecule has 3 aromatic rings. The quantitative estimate of drug-likeness (QED) is 0.281. The lowest BCUT2D eigenvalue weighted by atomic mass is 10.1. The Bertz CT molecular complexity index is 1370. The Morgan fingerprint density at radius 2 is 1.42 bits per heavy atom. The summed E-state index contributed by atoms with van der Waals surface area (Å²) >= 11 is 0. The first-order chi connectivity index (χ1) is 17.8. The van der Waals surface area contributed by atoms with E-state index in [2.05, 4.69) is 21.3 Å². The SMILES string of the molecule is CCC1(C(=O)NCc2ccccc2C(F)(F)F)Nc2ccc(NC(=O)c3ccccc3C(F)(F)F)cc2N1. The third kappa shape index (κ3) is 5.38. The number of anilines is 3. The number of carbonyl (C=O) groups is 2. The van der Waals surface area contributed by atoms with E-state index in [0.29, 0.717) is 11.4 Å². The number of halogens is 6. The Morgan fingerprint density at radius 1 is 0.816 bits per heavy atom. The van der Waals surface area contributed by atoms with E-state index in [0.717, 1.165) is 18.2 Å². The second-order valence-corrected chi connectivity index (χ2v) is 8.60. The molecular formula is C26H22F6N4O2. The van der Waals surface area contributed by atoms with E-state index >= 15 is 0 Å². The molecule has 3 aromatic carbocycles. The van der Waals surface area contributed by atoms with Crippen LogP contribution in [0.25, 0.3) is 0 Å². The number of hydrogen-bond acceptors (Lipinski definition) is 4. The van der Waals surface area contributed by atoms with Crippen molar-refractivity contribution in [1.82, 2.24) is 5.32 Å². The molecule has 6 nitrogen and oxygen atoms in total. The number of alkyl halides is 6. The maximum absolute atomic E-state index is 13.3. The standard InChI is InChI=1S/C26H22F6N4O2/c1-2-24(23(38)33-14-15-7-3-5-9-18(15)25(27,28)29)35-20-12-11-16(13-21(20)36-24)34-22(37)17-8-4-6-10-19(17)26(30,31)32/h3-13,35-36H,2,14H2,1H3,(H,33,38)(H,34,37). The van der Waals surface area contributed by atoms with Gasteiger partial charge in [-0.15, -0.1) is 0 Å². The maximum Gasteiger partial charge on any atom is 0.417 e. The predicted octanol–water partition coefficient (Wildman–Crippen LogP) is 6.24. The Morgan fingerprint density at radius 3 is 2.08 bits per heavy atom. The van der Waals surface area contributed by atoms with Gasteiger partial charge in [-0.1, -0.05) is 37.3 Å². The van der Waals surface area contributed by atoms with Gasteiger partial charge in [0.2, 0.25) is 0 Å². The van der Waals surface area contributed by atoms with Gasteiger partial charge in [0.1, 0.15) is 0 Å². The predicted molar refractivity (Wildman–Crippen MR) is 129 cm³/mol. The van der Waals surface area contributed by atoms with Crippen LogP contribution in [0.5, 0.6) is 0 Å². The van der Waals surface area contributed by atoms with Gasteiger partial charge in [-0.25, -0.2) is 0 Å². The number of rotatable bonds is 6. The first-order valence-corrected chi connectivity index (χ1v) is 11.5. The molecule has 12 heteroatoms. The number of amides is 2. The highest BCUT2D eigenvalue weighted by Gasteiger charge is 2.42. The van der Waals surface area contributed by atoms with E-state index in [1.807, 2.05) is 0 Å². The minimum absolute atomic E-state index is 0.0979. The smallest absolute Gasteiger partial charge is 0.353 e. The van der Waals surface area contributed by atoms with E-state index in [4.69, 9.17) is 0 Å². The van der Waals surface area contributed by atoms with Crippen molar-refractivity contribution in [3.8, 4) is 0 Å². The summed E-state index contributed by atoms with van der Waals surface area (Å²) < 4.78 is 79.7. The summed E-state index contributed by atoms with van der Waals surface area (Å²) in [6.07, 6.45) is -9.10. The van der Waals surface area contributed by atoms with Gasteiger partial charge in [0.05, 0.1) is 28.1 Å². The highest BCUT2D eigenvalue weighted by Crippen LogP contribution is 2.38. The van der Waals surface area contributed by atoms with Gasteiger partial charge in [-0.2, -0.15) is 26.3 Å². The number of carbonyl (C=O) groups excluding carboxylic acids is 2. The molecule has 0 aromatic heterocycles. The molecule has 0 radical (unpaired) electrons. The largest absolute Gasteiger partial charge is 0.417 e. The normalized spacial score (nSPS) is 16.7. The van der Waals surface area contributed by atoms with E-state index in [1.54, 1.807) is 6.92 Å². The molecule has 0 saturated carbocycles. The van der Waals surface area contributed by atoms with Crippen molar-refractivity contribution in [2.24, 2.45) is 0 Å². The zero-order valence-corrected chi connectivity index (χ0v) is 19.8. The van der Waals surface area contributed by atoms with Crippen LogP contribution in [-0.4, -0.2) is 17.5 Å². The molecule has 1 aliphatic heterocycles. The second kappa shape index (κ2) is 9.92. The molecule has 0 fully saturated rings. The van der Waals surface area contributed by atoms with Crippen LogP contribution in [0.4, 0.5) is 43.4 Å². The monoisotopic (exact) mass is 536 g/mol. The lowest BCUT2D eigenvalue weighted by Gasteiger charge is -2.28. The van der Waals surface area contributed by atoms with Crippen LogP contribution in [0, 0.1) is 0 Å².